The van der Waals surface area contributed by atoms with Gasteiger partial charge >= 0.3 is 5.97 Å². The number of carboxylic acid groups (broad SMARTS) is 1. The number of carbonyl (C=O) groups is 2. The van der Waals surface area contributed by atoms with Crippen molar-refractivity contribution in [2.75, 3.05) is 50.8 Å². The molecule has 0 bridgehead atoms. The second-order valence-corrected chi connectivity index (χ2v) is 7.84. The largest absolute Gasteiger partial charge is 0.480 e. The van der Waals surface area contributed by atoms with Crippen LogP contribution in [0.15, 0.2) is 0 Å². The van der Waals surface area contributed by atoms with E-state index in [0.29, 0.717) is 32.6 Å². The molecule has 2 aliphatic rings. The van der Waals surface area contributed by atoms with E-state index in [0.717, 1.165) is 0 Å². The SMILES string of the molecule is O=C(O)CN1CCN(CC(=O)NC2CCS(=O)(=O)C2)CC1. The van der Waals surface area contributed by atoms with Crippen LogP contribution in [0.4, 0.5) is 0 Å². The van der Waals surface area contributed by atoms with Gasteiger partial charge < -0.3 is 10.4 Å². The third-order valence-electron chi connectivity index (χ3n) is 3.79. The number of carboxylic acids is 1. The number of nitrogens with one attached hydrogen (secondary N) is 1. The summed E-state index contributed by atoms with van der Waals surface area (Å²) in [6.07, 6.45) is 0.487. The van der Waals surface area contributed by atoms with Crippen molar-refractivity contribution in [1.82, 2.24) is 15.1 Å². The maximum Gasteiger partial charge on any atom is 0.317 e. The van der Waals surface area contributed by atoms with Gasteiger partial charge in [-0.25, -0.2) is 8.42 Å². The minimum absolute atomic E-state index is 0.0277. The van der Waals surface area contributed by atoms with Crippen LogP contribution in [0.25, 0.3) is 0 Å². The fraction of sp³-hybridized carbons (Fsp3) is 0.833. The lowest BCUT2D eigenvalue weighted by Gasteiger charge is -2.33. The van der Waals surface area contributed by atoms with Crippen molar-refractivity contribution in [2.24, 2.45) is 0 Å². The maximum absolute atomic E-state index is 11.9. The van der Waals surface area contributed by atoms with Gasteiger partial charge in [-0.1, -0.05) is 0 Å². The van der Waals surface area contributed by atoms with E-state index in [9.17, 15) is 18.0 Å². The number of piperazine rings is 1. The molecule has 0 aromatic rings. The van der Waals surface area contributed by atoms with E-state index in [-0.39, 0.29) is 36.5 Å². The molecule has 0 radical (unpaired) electrons. The zero-order valence-electron chi connectivity index (χ0n) is 11.8. The highest BCUT2D eigenvalue weighted by Gasteiger charge is 2.29. The Morgan fingerprint density at radius 2 is 1.67 bits per heavy atom. The van der Waals surface area contributed by atoms with Crippen LogP contribution in [0.5, 0.6) is 0 Å². The quantitative estimate of drug-likeness (QED) is 0.603. The first-order valence-electron chi connectivity index (χ1n) is 7.00. The lowest BCUT2D eigenvalue weighted by molar-refractivity contribution is -0.139. The van der Waals surface area contributed by atoms with Crippen LogP contribution in [0.2, 0.25) is 0 Å². The minimum Gasteiger partial charge on any atom is -0.480 e. The number of amides is 1. The fourth-order valence-electron chi connectivity index (χ4n) is 2.68. The molecule has 120 valence electrons. The van der Waals surface area contributed by atoms with Gasteiger partial charge in [-0.05, 0) is 6.42 Å². The second-order valence-electron chi connectivity index (χ2n) is 5.61. The molecule has 2 heterocycles. The monoisotopic (exact) mass is 319 g/mol. The number of aliphatic carboxylic acids is 1. The Bertz CT molecular complexity index is 499. The van der Waals surface area contributed by atoms with E-state index in [1.807, 2.05) is 9.80 Å². The highest BCUT2D eigenvalue weighted by Crippen LogP contribution is 2.11. The maximum atomic E-state index is 11.9. The minimum atomic E-state index is -2.98. The summed E-state index contributed by atoms with van der Waals surface area (Å²) in [5.41, 5.74) is 0. The predicted molar refractivity (Wildman–Crippen MR) is 75.7 cm³/mol. The van der Waals surface area contributed by atoms with Crippen LogP contribution in [-0.4, -0.2) is 92.0 Å². The summed E-state index contributed by atoms with van der Waals surface area (Å²) in [6.45, 7) is 2.79. The molecule has 0 aromatic heterocycles. The summed E-state index contributed by atoms with van der Waals surface area (Å²) in [5, 5.41) is 11.5. The zero-order chi connectivity index (χ0) is 15.5. The van der Waals surface area contributed by atoms with Crippen LogP contribution in [0, 0.1) is 0 Å². The van der Waals surface area contributed by atoms with Gasteiger partial charge in [-0.2, -0.15) is 0 Å². The Morgan fingerprint density at radius 3 is 2.14 bits per heavy atom. The van der Waals surface area contributed by atoms with Crippen LogP contribution < -0.4 is 5.32 Å². The highest BCUT2D eigenvalue weighted by molar-refractivity contribution is 7.91. The second kappa shape index (κ2) is 6.71. The molecule has 8 nitrogen and oxygen atoms in total. The molecule has 2 aliphatic heterocycles. The van der Waals surface area contributed by atoms with Gasteiger partial charge in [0.15, 0.2) is 9.84 Å². The Kier molecular flexibility index (Phi) is 5.17. The van der Waals surface area contributed by atoms with Gasteiger partial charge in [-0.15, -0.1) is 0 Å². The van der Waals surface area contributed by atoms with Crippen LogP contribution in [0.1, 0.15) is 6.42 Å². The molecule has 1 amide bonds. The molecule has 2 rings (SSSR count). The normalized spacial score (nSPS) is 26.6. The molecule has 21 heavy (non-hydrogen) atoms. The van der Waals surface area contributed by atoms with Crippen molar-refractivity contribution in [3.8, 4) is 0 Å². The van der Waals surface area contributed by atoms with Crippen LogP contribution >= 0.6 is 0 Å². The number of hydrogen-bond acceptors (Lipinski definition) is 6. The summed E-state index contributed by atoms with van der Waals surface area (Å²) >= 11 is 0. The van der Waals surface area contributed by atoms with Crippen LogP contribution in [0.3, 0.4) is 0 Å². The lowest BCUT2D eigenvalue weighted by atomic mass is 10.2. The smallest absolute Gasteiger partial charge is 0.317 e. The predicted octanol–water partition coefficient (Wildman–Crippen LogP) is -2.01. The lowest BCUT2D eigenvalue weighted by Crippen LogP contribution is -2.51. The average molecular weight is 319 g/mol. The van der Waals surface area contributed by atoms with Gasteiger partial charge in [-0.3, -0.25) is 19.4 Å². The molecule has 2 saturated heterocycles. The fourth-order valence-corrected chi connectivity index (χ4v) is 4.36. The van der Waals surface area contributed by atoms with Crippen molar-refractivity contribution in [2.45, 2.75) is 12.5 Å². The van der Waals surface area contributed by atoms with E-state index in [4.69, 9.17) is 5.11 Å². The van der Waals surface area contributed by atoms with Gasteiger partial charge in [0.2, 0.25) is 5.91 Å². The molecule has 0 saturated carbocycles. The number of carbonyl (C=O) groups excluding carboxylic acids is 1. The topological polar surface area (TPSA) is 107 Å². The third kappa shape index (κ3) is 5.25. The number of hydrogen-bond donors (Lipinski definition) is 2. The Hall–Kier alpha value is -1.19. The van der Waals surface area contributed by atoms with E-state index in [1.54, 1.807) is 0 Å². The highest BCUT2D eigenvalue weighted by atomic mass is 32.2. The van der Waals surface area contributed by atoms with E-state index >= 15 is 0 Å². The van der Waals surface area contributed by atoms with E-state index in [1.165, 1.54) is 0 Å². The molecule has 0 aliphatic carbocycles. The van der Waals surface area contributed by atoms with Crippen molar-refractivity contribution >= 4 is 21.7 Å². The van der Waals surface area contributed by atoms with Crippen molar-refractivity contribution in [1.29, 1.82) is 0 Å². The first-order valence-corrected chi connectivity index (χ1v) is 8.82. The summed E-state index contributed by atoms with van der Waals surface area (Å²) in [4.78, 5) is 26.3. The first-order chi connectivity index (χ1) is 9.84. The van der Waals surface area contributed by atoms with Gasteiger partial charge in [0, 0.05) is 32.2 Å². The van der Waals surface area contributed by atoms with Crippen molar-refractivity contribution in [3.05, 3.63) is 0 Å². The molecule has 0 aromatic carbocycles. The molecule has 1 atom stereocenters. The molecule has 1 unspecified atom stereocenters. The van der Waals surface area contributed by atoms with Gasteiger partial charge in [0.05, 0.1) is 24.6 Å². The zero-order valence-corrected chi connectivity index (χ0v) is 12.6. The van der Waals surface area contributed by atoms with Crippen molar-refractivity contribution < 1.29 is 23.1 Å². The van der Waals surface area contributed by atoms with Gasteiger partial charge in [0.25, 0.3) is 0 Å². The third-order valence-corrected chi connectivity index (χ3v) is 5.56. The van der Waals surface area contributed by atoms with E-state index < -0.39 is 15.8 Å². The summed E-state index contributed by atoms with van der Waals surface area (Å²) in [7, 11) is -2.98. The standard InChI is InChI=1S/C12H21N3O5S/c16-11(13-10-1-6-21(19,20)9-10)7-14-2-4-15(5-3-14)8-12(17)18/h10H,1-9H2,(H,13,16)(H,17,18). The molecule has 0 spiro atoms. The number of rotatable bonds is 5. The molecular formula is C12H21N3O5S. The molecule has 2 N–H and O–H groups in total. The first kappa shape index (κ1) is 16.2. The van der Waals surface area contributed by atoms with Gasteiger partial charge in [0.1, 0.15) is 0 Å². The summed E-state index contributed by atoms with van der Waals surface area (Å²) in [5.74, 6) is -0.829. The summed E-state index contributed by atoms with van der Waals surface area (Å²) in [6, 6.07) is -0.268. The Labute approximate surface area is 124 Å². The summed E-state index contributed by atoms with van der Waals surface area (Å²) < 4.78 is 22.6. The molecule has 2 fully saturated rings. The van der Waals surface area contributed by atoms with Crippen molar-refractivity contribution in [3.63, 3.8) is 0 Å². The van der Waals surface area contributed by atoms with Crippen LogP contribution in [-0.2, 0) is 19.4 Å². The Morgan fingerprint density at radius 1 is 1.10 bits per heavy atom. The molecular weight excluding hydrogens is 298 g/mol. The Balaban J connectivity index is 1.69. The number of sulfone groups is 1. The average Bonchev–Trinajstić information content (AvgIpc) is 2.70. The molecule has 9 heteroatoms. The van der Waals surface area contributed by atoms with E-state index in [2.05, 4.69) is 5.32 Å². The number of nitrogens with zero attached hydrogens (tertiary/aromatic N) is 2.